The molecule has 0 aromatic heterocycles. The van der Waals surface area contributed by atoms with Crippen LogP contribution in [0.4, 0.5) is 0 Å². The van der Waals surface area contributed by atoms with E-state index in [1.54, 1.807) is 0 Å². The number of rotatable bonds is 2. The van der Waals surface area contributed by atoms with Gasteiger partial charge in [0.05, 0.1) is 0 Å². The molecular weight excluding hydrogens is 100 g/mol. The van der Waals surface area contributed by atoms with Gasteiger partial charge in [0, 0.05) is 0 Å². The van der Waals surface area contributed by atoms with Crippen LogP contribution >= 0.6 is 0 Å². The second-order valence-corrected chi connectivity index (χ2v) is 2.21. The van der Waals surface area contributed by atoms with Crippen LogP contribution in [0.15, 0.2) is 0 Å². The lowest BCUT2D eigenvalue weighted by molar-refractivity contribution is 0.135. The lowest BCUT2D eigenvalue weighted by atomic mass is 10.0. The van der Waals surface area contributed by atoms with Crippen molar-refractivity contribution >= 4 is 0 Å². The zero-order valence-electron chi connectivity index (χ0n) is 5.59. The lowest BCUT2D eigenvalue weighted by Crippen LogP contribution is -2.43. The van der Waals surface area contributed by atoms with Crippen LogP contribution in [-0.4, -0.2) is 24.6 Å². The van der Waals surface area contributed by atoms with Crippen LogP contribution in [0.5, 0.6) is 0 Å². The summed E-state index contributed by atoms with van der Waals surface area (Å²) in [7, 11) is 1.86. The number of hydrogen-bond acceptors (Lipinski definition) is 1. The topological polar surface area (TPSA) is 17.3 Å². The fraction of sp³-hybridized carbons (Fsp3) is 1.00. The van der Waals surface area contributed by atoms with Gasteiger partial charge < -0.3 is 10.4 Å². The van der Waals surface area contributed by atoms with Gasteiger partial charge in [-0.1, -0.05) is 6.92 Å². The van der Waals surface area contributed by atoms with Crippen molar-refractivity contribution in [3.63, 3.8) is 0 Å². The molecule has 0 spiro atoms. The molecule has 0 aliphatic carbocycles. The summed E-state index contributed by atoms with van der Waals surface area (Å²) in [5.74, 6) is 0. The highest BCUT2D eigenvalue weighted by Gasteiger charge is 2.17. The van der Waals surface area contributed by atoms with Crippen LogP contribution in [0.1, 0.15) is 19.8 Å². The highest BCUT2D eigenvalue weighted by atomic mass is 15.5. The summed E-state index contributed by atoms with van der Waals surface area (Å²) in [6.07, 6.45) is 2.59. The molecule has 1 aliphatic heterocycles. The fourth-order valence-electron chi connectivity index (χ4n) is 1.11. The molecule has 1 fully saturated rings. The standard InChI is InChI=1S/C6H13N2/c1-3-6-4-5-8(6)7-2/h6H,3-5H2,1-2H3/q-1. The molecule has 0 aromatic carbocycles. The van der Waals surface area contributed by atoms with Crippen LogP contribution in [0, 0.1) is 0 Å². The van der Waals surface area contributed by atoms with E-state index in [0.29, 0.717) is 0 Å². The molecule has 0 radical (unpaired) electrons. The van der Waals surface area contributed by atoms with E-state index < -0.39 is 0 Å². The molecule has 0 aromatic rings. The second kappa shape index (κ2) is 2.46. The molecule has 1 aliphatic rings. The molecule has 1 heterocycles. The van der Waals surface area contributed by atoms with E-state index in [1.165, 1.54) is 19.4 Å². The van der Waals surface area contributed by atoms with E-state index in [0.717, 1.165) is 6.04 Å². The molecule has 1 saturated heterocycles. The first-order valence-electron chi connectivity index (χ1n) is 3.25. The number of hydrogen-bond donors (Lipinski definition) is 0. The first-order chi connectivity index (χ1) is 3.88. The Morgan fingerprint density at radius 2 is 2.50 bits per heavy atom. The minimum absolute atomic E-state index is 0.764. The van der Waals surface area contributed by atoms with Crippen LogP contribution in [0.2, 0.25) is 0 Å². The molecule has 48 valence electrons. The molecule has 0 amide bonds. The Bertz CT molecular complexity index is 58.9. The predicted octanol–water partition coefficient (Wildman–Crippen LogP) is 1.39. The molecule has 1 atom stereocenters. The quantitative estimate of drug-likeness (QED) is 0.529. The van der Waals surface area contributed by atoms with Gasteiger partial charge in [-0.05, 0) is 25.4 Å². The van der Waals surface area contributed by atoms with Crippen molar-refractivity contribution in [1.29, 1.82) is 0 Å². The molecule has 8 heavy (non-hydrogen) atoms. The summed E-state index contributed by atoms with van der Waals surface area (Å²) in [6.45, 7) is 3.39. The van der Waals surface area contributed by atoms with Gasteiger partial charge >= 0.3 is 0 Å². The van der Waals surface area contributed by atoms with Gasteiger partial charge in [0.15, 0.2) is 0 Å². The van der Waals surface area contributed by atoms with Gasteiger partial charge in [0.2, 0.25) is 0 Å². The second-order valence-electron chi connectivity index (χ2n) is 2.21. The van der Waals surface area contributed by atoms with Gasteiger partial charge in [-0.3, -0.25) is 0 Å². The Morgan fingerprint density at radius 1 is 1.75 bits per heavy atom. The lowest BCUT2D eigenvalue weighted by Gasteiger charge is -2.50. The zero-order valence-corrected chi connectivity index (χ0v) is 5.59. The van der Waals surface area contributed by atoms with E-state index in [1.807, 2.05) is 7.05 Å². The fourth-order valence-corrected chi connectivity index (χ4v) is 1.11. The zero-order chi connectivity index (χ0) is 5.98. The normalized spacial score (nSPS) is 30.0. The first-order valence-corrected chi connectivity index (χ1v) is 3.25. The third kappa shape index (κ3) is 0.858. The molecule has 2 nitrogen and oxygen atoms in total. The SMILES string of the molecule is CCC1CCN1[N-]C. The van der Waals surface area contributed by atoms with E-state index in [-0.39, 0.29) is 0 Å². The van der Waals surface area contributed by atoms with Crippen molar-refractivity contribution in [2.45, 2.75) is 25.8 Å². The van der Waals surface area contributed by atoms with Crippen LogP contribution in [0.25, 0.3) is 5.43 Å². The summed E-state index contributed by atoms with van der Waals surface area (Å²) in [5.41, 5.74) is 4.08. The summed E-state index contributed by atoms with van der Waals surface area (Å²) < 4.78 is 0. The van der Waals surface area contributed by atoms with Gasteiger partial charge in [-0.25, -0.2) is 0 Å². The van der Waals surface area contributed by atoms with Crippen molar-refractivity contribution in [1.82, 2.24) is 5.01 Å². The van der Waals surface area contributed by atoms with Gasteiger partial charge in [-0.15, -0.1) is 0 Å². The molecule has 1 rings (SSSR count). The smallest absolute Gasteiger partial charge is 0.00689 e. The predicted molar refractivity (Wildman–Crippen MR) is 34.7 cm³/mol. The maximum absolute atomic E-state index is 4.08. The van der Waals surface area contributed by atoms with Gasteiger partial charge in [0.1, 0.15) is 0 Å². The van der Waals surface area contributed by atoms with Crippen molar-refractivity contribution in [3.8, 4) is 0 Å². The average Bonchev–Trinajstić information content (AvgIpc) is 1.66. The molecule has 0 N–H and O–H groups in total. The Morgan fingerprint density at radius 3 is 2.62 bits per heavy atom. The third-order valence-corrected chi connectivity index (χ3v) is 1.84. The Labute approximate surface area is 50.8 Å². The van der Waals surface area contributed by atoms with E-state index >= 15 is 0 Å². The van der Waals surface area contributed by atoms with Crippen LogP contribution in [-0.2, 0) is 0 Å². The Hall–Kier alpha value is -0.0800. The summed E-state index contributed by atoms with van der Waals surface area (Å²) in [4.78, 5) is 0. The highest BCUT2D eigenvalue weighted by molar-refractivity contribution is 4.86. The van der Waals surface area contributed by atoms with Crippen molar-refractivity contribution in [2.75, 3.05) is 13.6 Å². The van der Waals surface area contributed by atoms with Crippen LogP contribution < -0.4 is 0 Å². The Kier molecular flexibility index (Phi) is 1.86. The largest absolute Gasteiger partial charge is 0.597 e. The maximum Gasteiger partial charge on any atom is -0.00689 e. The van der Waals surface area contributed by atoms with Crippen molar-refractivity contribution < 1.29 is 0 Å². The molecule has 2 heteroatoms. The summed E-state index contributed by atoms with van der Waals surface area (Å²) >= 11 is 0. The minimum Gasteiger partial charge on any atom is -0.597 e. The van der Waals surface area contributed by atoms with Crippen LogP contribution in [0.3, 0.4) is 0 Å². The molecule has 1 unspecified atom stereocenters. The van der Waals surface area contributed by atoms with Crippen molar-refractivity contribution in [2.24, 2.45) is 0 Å². The van der Waals surface area contributed by atoms with Crippen molar-refractivity contribution in [3.05, 3.63) is 5.43 Å². The molecular formula is C6H13N2-. The highest BCUT2D eigenvalue weighted by Crippen LogP contribution is 2.21. The first kappa shape index (κ1) is 6.05. The van der Waals surface area contributed by atoms with Gasteiger partial charge in [0.25, 0.3) is 0 Å². The van der Waals surface area contributed by atoms with E-state index in [9.17, 15) is 0 Å². The minimum atomic E-state index is 0.764. The summed E-state index contributed by atoms with van der Waals surface area (Å²) in [6, 6.07) is 0.764. The molecule has 0 bridgehead atoms. The average molecular weight is 113 g/mol. The third-order valence-electron chi connectivity index (χ3n) is 1.84. The number of nitrogens with zero attached hydrogens (tertiary/aromatic N) is 2. The summed E-state index contributed by atoms with van der Waals surface area (Å²) in [5, 5.41) is 2.15. The maximum atomic E-state index is 4.08. The monoisotopic (exact) mass is 113 g/mol. The van der Waals surface area contributed by atoms with E-state index in [2.05, 4.69) is 17.4 Å². The van der Waals surface area contributed by atoms with Gasteiger partial charge in [-0.2, -0.15) is 7.05 Å². The molecule has 0 saturated carbocycles. The Balaban J connectivity index is 2.16. The van der Waals surface area contributed by atoms with E-state index in [4.69, 9.17) is 0 Å².